The predicted molar refractivity (Wildman–Crippen MR) is 123 cm³/mol. The van der Waals surface area contributed by atoms with E-state index < -0.39 is 0 Å². The van der Waals surface area contributed by atoms with E-state index in [4.69, 9.17) is 5.73 Å². The van der Waals surface area contributed by atoms with E-state index in [9.17, 15) is 4.79 Å². The summed E-state index contributed by atoms with van der Waals surface area (Å²) in [5.41, 5.74) is 12.3. The average molecular weight is 399 g/mol. The molecule has 0 saturated carbocycles. The number of nitrogens with two attached hydrogens (primary N) is 1. The number of amides is 1. The molecular weight excluding hydrogens is 374 g/mol. The molecule has 2 aromatic heterocycles. The first-order valence-electron chi connectivity index (χ1n) is 9.91. The number of nitrogen functional groups attached to an aromatic ring is 1. The van der Waals surface area contributed by atoms with Gasteiger partial charge in [-0.25, -0.2) is 0 Å². The lowest BCUT2D eigenvalue weighted by Gasteiger charge is -2.11. The number of nitrogens with zero attached hydrogens (tertiary/aromatic N) is 2. The standard InChI is InChI=1S/C24H25N5O/c1-4-21(30)26-16(3)6-5-12-29-13-11-17-14-18(8-10-20(17)29)22-15(2)7-9-19-23(22)24(25)28-27-19/h4,7-11,13-14H,1,3,5-6,12H2,2H3,(H,26,30)(H3,25,27,28). The number of aryl methyl sites for hydroxylation is 2. The van der Waals surface area contributed by atoms with Crippen LogP contribution in [0.3, 0.4) is 0 Å². The Labute approximate surface area is 175 Å². The number of carbonyl (C=O) groups is 1. The fourth-order valence-corrected chi connectivity index (χ4v) is 3.92. The minimum atomic E-state index is -0.220. The maximum atomic E-state index is 11.3. The number of aromatic amines is 1. The lowest BCUT2D eigenvalue weighted by molar-refractivity contribution is -0.115. The Bertz CT molecular complexity index is 1280. The van der Waals surface area contributed by atoms with Gasteiger partial charge in [0.05, 0.1) is 10.9 Å². The minimum absolute atomic E-state index is 0.220. The molecule has 6 heteroatoms. The van der Waals surface area contributed by atoms with E-state index >= 15 is 0 Å². The van der Waals surface area contributed by atoms with Crippen LogP contribution in [0.25, 0.3) is 32.9 Å². The van der Waals surface area contributed by atoms with Gasteiger partial charge in [-0.3, -0.25) is 9.89 Å². The molecule has 0 atom stereocenters. The topological polar surface area (TPSA) is 88.7 Å². The van der Waals surface area contributed by atoms with Gasteiger partial charge in [-0.2, -0.15) is 5.10 Å². The Hall–Kier alpha value is -3.80. The third-order valence-corrected chi connectivity index (χ3v) is 5.39. The van der Waals surface area contributed by atoms with Crippen LogP contribution in [0, 0.1) is 6.92 Å². The van der Waals surface area contributed by atoms with Gasteiger partial charge in [-0.15, -0.1) is 0 Å². The van der Waals surface area contributed by atoms with E-state index in [0.29, 0.717) is 11.5 Å². The summed E-state index contributed by atoms with van der Waals surface area (Å²) in [4.78, 5) is 11.3. The normalized spacial score (nSPS) is 11.1. The number of benzene rings is 2. The molecule has 0 bridgehead atoms. The van der Waals surface area contributed by atoms with E-state index in [-0.39, 0.29) is 5.91 Å². The van der Waals surface area contributed by atoms with Crippen LogP contribution in [0.4, 0.5) is 5.82 Å². The molecule has 0 aliphatic carbocycles. The summed E-state index contributed by atoms with van der Waals surface area (Å²) in [6.45, 7) is 10.3. The first kappa shape index (κ1) is 19.5. The highest BCUT2D eigenvalue weighted by molar-refractivity contribution is 6.04. The SMILES string of the molecule is C=CC(=O)NC(=C)CCCn1ccc2cc(-c3c(C)ccc4[nH]nc(N)c34)ccc21. The van der Waals surface area contributed by atoms with Gasteiger partial charge >= 0.3 is 0 Å². The number of hydrogen-bond acceptors (Lipinski definition) is 3. The Kier molecular flexibility index (Phi) is 5.14. The molecule has 0 fully saturated rings. The number of nitrogens with one attached hydrogen (secondary N) is 2. The van der Waals surface area contributed by atoms with Crippen LogP contribution in [0.15, 0.2) is 67.5 Å². The molecule has 0 saturated heterocycles. The fraction of sp³-hybridized carbons (Fsp3) is 0.167. The number of allylic oxidation sites excluding steroid dienone is 1. The van der Waals surface area contributed by atoms with Crippen molar-refractivity contribution in [3.8, 4) is 11.1 Å². The fourth-order valence-electron chi connectivity index (χ4n) is 3.92. The Morgan fingerprint density at radius 1 is 1.30 bits per heavy atom. The van der Waals surface area contributed by atoms with Gasteiger partial charge in [-0.1, -0.05) is 25.3 Å². The lowest BCUT2D eigenvalue weighted by atomic mass is 9.95. The molecule has 152 valence electrons. The van der Waals surface area contributed by atoms with Crippen molar-refractivity contribution in [3.63, 3.8) is 0 Å². The molecule has 0 spiro atoms. The van der Waals surface area contributed by atoms with Crippen LogP contribution >= 0.6 is 0 Å². The first-order valence-corrected chi connectivity index (χ1v) is 9.91. The molecule has 0 aliphatic rings. The molecule has 0 unspecified atom stereocenters. The van der Waals surface area contributed by atoms with E-state index in [1.807, 2.05) is 6.07 Å². The highest BCUT2D eigenvalue weighted by atomic mass is 16.1. The van der Waals surface area contributed by atoms with E-state index in [1.165, 1.54) is 17.0 Å². The van der Waals surface area contributed by atoms with Gasteiger partial charge in [0.2, 0.25) is 5.91 Å². The third kappa shape index (κ3) is 3.59. The van der Waals surface area contributed by atoms with Gasteiger partial charge in [0.15, 0.2) is 5.82 Å². The first-order chi connectivity index (χ1) is 14.5. The van der Waals surface area contributed by atoms with Crippen molar-refractivity contribution >= 4 is 33.5 Å². The van der Waals surface area contributed by atoms with Crippen LogP contribution in [0.5, 0.6) is 0 Å². The largest absolute Gasteiger partial charge is 0.382 e. The molecule has 1 amide bonds. The summed E-state index contributed by atoms with van der Waals surface area (Å²) in [7, 11) is 0. The number of fused-ring (bicyclic) bond motifs is 2. The summed E-state index contributed by atoms with van der Waals surface area (Å²) in [6.07, 6.45) is 4.95. The van der Waals surface area contributed by atoms with Crippen LogP contribution in [0.1, 0.15) is 18.4 Å². The smallest absolute Gasteiger partial charge is 0.247 e. The van der Waals surface area contributed by atoms with Crippen LogP contribution in [-0.4, -0.2) is 20.7 Å². The second kappa shape index (κ2) is 7.91. The van der Waals surface area contributed by atoms with Crippen molar-refractivity contribution in [1.82, 2.24) is 20.1 Å². The molecule has 30 heavy (non-hydrogen) atoms. The second-order valence-electron chi connectivity index (χ2n) is 7.47. The van der Waals surface area contributed by atoms with E-state index in [0.717, 1.165) is 47.0 Å². The number of hydrogen-bond donors (Lipinski definition) is 3. The lowest BCUT2D eigenvalue weighted by Crippen LogP contribution is -2.19. The number of aromatic nitrogens is 3. The van der Waals surface area contributed by atoms with Crippen molar-refractivity contribution in [2.45, 2.75) is 26.3 Å². The summed E-state index contributed by atoms with van der Waals surface area (Å²) in [6, 6.07) is 12.7. The monoisotopic (exact) mass is 399 g/mol. The van der Waals surface area contributed by atoms with Crippen molar-refractivity contribution < 1.29 is 4.79 Å². The highest BCUT2D eigenvalue weighted by Gasteiger charge is 2.13. The third-order valence-electron chi connectivity index (χ3n) is 5.39. The zero-order chi connectivity index (χ0) is 21.3. The van der Waals surface area contributed by atoms with E-state index in [1.54, 1.807) is 0 Å². The highest BCUT2D eigenvalue weighted by Crippen LogP contribution is 2.35. The molecule has 2 heterocycles. The summed E-state index contributed by atoms with van der Waals surface area (Å²) < 4.78 is 2.22. The van der Waals surface area contributed by atoms with Crippen LogP contribution < -0.4 is 11.1 Å². The number of anilines is 1. The van der Waals surface area contributed by atoms with Crippen molar-refractivity contribution in [3.05, 3.63) is 73.1 Å². The molecule has 4 aromatic rings. The molecule has 4 N–H and O–H groups in total. The van der Waals surface area contributed by atoms with Gasteiger partial charge in [-0.05, 0) is 66.8 Å². The van der Waals surface area contributed by atoms with Gasteiger partial charge in [0.1, 0.15) is 0 Å². The number of rotatable bonds is 7. The number of carbonyl (C=O) groups excluding carboxylic acids is 1. The van der Waals surface area contributed by atoms with Crippen molar-refractivity contribution in [2.75, 3.05) is 5.73 Å². The second-order valence-corrected chi connectivity index (χ2v) is 7.47. The summed E-state index contributed by atoms with van der Waals surface area (Å²) in [5.74, 6) is 0.299. The molecule has 6 nitrogen and oxygen atoms in total. The Balaban J connectivity index is 1.57. The Morgan fingerprint density at radius 3 is 2.93 bits per heavy atom. The van der Waals surface area contributed by atoms with E-state index in [2.05, 4.69) is 76.7 Å². The molecule has 0 radical (unpaired) electrons. The minimum Gasteiger partial charge on any atom is -0.382 e. The van der Waals surface area contributed by atoms with Gasteiger partial charge < -0.3 is 15.6 Å². The summed E-state index contributed by atoms with van der Waals surface area (Å²) >= 11 is 0. The summed E-state index contributed by atoms with van der Waals surface area (Å²) in [5, 5.41) is 12.0. The average Bonchev–Trinajstić information content (AvgIpc) is 3.31. The molecule has 0 aliphatic heterocycles. The van der Waals surface area contributed by atoms with Crippen molar-refractivity contribution in [2.24, 2.45) is 0 Å². The predicted octanol–water partition coefficient (Wildman–Crippen LogP) is 4.67. The maximum absolute atomic E-state index is 11.3. The zero-order valence-corrected chi connectivity index (χ0v) is 17.0. The van der Waals surface area contributed by atoms with Crippen LogP contribution in [-0.2, 0) is 11.3 Å². The van der Waals surface area contributed by atoms with Crippen molar-refractivity contribution in [1.29, 1.82) is 0 Å². The number of H-pyrrole nitrogens is 1. The van der Waals surface area contributed by atoms with Crippen LogP contribution in [0.2, 0.25) is 0 Å². The quantitative estimate of drug-likeness (QED) is 0.395. The Morgan fingerprint density at radius 2 is 2.13 bits per heavy atom. The molecule has 2 aromatic carbocycles. The molecular formula is C24H25N5O. The maximum Gasteiger partial charge on any atom is 0.247 e. The zero-order valence-electron chi connectivity index (χ0n) is 17.0. The van der Waals surface area contributed by atoms with Gasteiger partial charge in [0.25, 0.3) is 0 Å². The molecule has 4 rings (SSSR count). The van der Waals surface area contributed by atoms with Gasteiger partial charge in [0, 0.05) is 29.3 Å².